The summed E-state index contributed by atoms with van der Waals surface area (Å²) in [6, 6.07) is 0. The van der Waals surface area contributed by atoms with Crippen molar-refractivity contribution in [3.05, 3.63) is 12.2 Å². The molecule has 5 heteroatoms. The summed E-state index contributed by atoms with van der Waals surface area (Å²) in [6.45, 7) is 0. The number of hydrogen-bond donors (Lipinski definition) is 4. The molecule has 0 aromatic rings. The van der Waals surface area contributed by atoms with E-state index in [9.17, 15) is 15.0 Å². The molecule has 4 nitrogen and oxygen atoms in total. The maximum atomic E-state index is 10.3. The van der Waals surface area contributed by atoms with Gasteiger partial charge in [0.25, 0.3) is 0 Å². The second-order valence-electron chi connectivity index (χ2n) is 4.46. The van der Waals surface area contributed by atoms with Crippen LogP contribution < -0.4 is 0 Å². The number of carboxylic acid groups (broad SMARTS) is 1. The van der Waals surface area contributed by atoms with Gasteiger partial charge in [0.15, 0.2) is 0 Å². The van der Waals surface area contributed by atoms with Gasteiger partial charge in [-0.25, -0.2) is 0 Å². The van der Waals surface area contributed by atoms with Crippen LogP contribution in [-0.4, -0.2) is 39.2 Å². The first-order valence-corrected chi connectivity index (χ1v) is 7.53. The second kappa shape index (κ2) is 13.6. The lowest BCUT2D eigenvalue weighted by atomic mass is 10.0. The Morgan fingerprint density at radius 2 is 1.95 bits per heavy atom. The van der Waals surface area contributed by atoms with Gasteiger partial charge >= 0.3 is 5.97 Å². The number of carboxylic acids is 1. The average molecular weight is 310 g/mol. The zero-order valence-corrected chi connectivity index (χ0v) is 12.9. The summed E-state index contributed by atoms with van der Waals surface area (Å²) in [5.74, 6) is 10.7. The van der Waals surface area contributed by atoms with Crippen LogP contribution in [0.15, 0.2) is 12.2 Å². The minimum absolute atomic E-state index is 0.0898. The minimum atomic E-state index is -0.858. The van der Waals surface area contributed by atoms with Crippen molar-refractivity contribution in [1.29, 1.82) is 0 Å². The summed E-state index contributed by atoms with van der Waals surface area (Å²) < 4.78 is 0. The van der Waals surface area contributed by atoms with E-state index in [1.807, 2.05) is 0 Å². The van der Waals surface area contributed by atoms with Crippen LogP contribution in [0.1, 0.15) is 38.5 Å². The topological polar surface area (TPSA) is 77.8 Å². The highest BCUT2D eigenvalue weighted by Crippen LogP contribution is 2.09. The summed E-state index contributed by atoms with van der Waals surface area (Å²) in [5.41, 5.74) is 0. The van der Waals surface area contributed by atoms with Gasteiger partial charge in [0.1, 0.15) is 0 Å². The van der Waals surface area contributed by atoms with Gasteiger partial charge in [0, 0.05) is 18.6 Å². The lowest BCUT2D eigenvalue weighted by Crippen LogP contribution is -2.25. The van der Waals surface area contributed by atoms with Crippen molar-refractivity contribution in [2.45, 2.75) is 50.7 Å². The Kier molecular flexibility index (Phi) is 12.7. The number of carbonyl (C=O) groups is 1. The molecule has 0 spiro atoms. The molecule has 0 saturated carbocycles. The lowest BCUT2D eigenvalue weighted by Gasteiger charge is -2.15. The van der Waals surface area contributed by atoms with Gasteiger partial charge in [-0.3, -0.25) is 4.79 Å². The normalized spacial score (nSPS) is 12.9. The Bertz CT molecular complexity index is 437. The number of unbranched alkanes of at least 4 members (excludes halogenated alkanes) is 1. The van der Waals surface area contributed by atoms with Crippen molar-refractivity contribution >= 4 is 18.6 Å². The highest BCUT2D eigenvalue weighted by atomic mass is 32.1. The predicted molar refractivity (Wildman–Crippen MR) is 85.9 cm³/mol. The minimum Gasteiger partial charge on any atom is -0.481 e. The quantitative estimate of drug-likeness (QED) is 0.296. The monoisotopic (exact) mass is 310 g/mol. The molecule has 0 radical (unpaired) electrons. The van der Waals surface area contributed by atoms with Crippen molar-refractivity contribution in [3.63, 3.8) is 0 Å². The molecule has 3 N–H and O–H groups in total. The molecule has 0 aromatic heterocycles. The van der Waals surface area contributed by atoms with Gasteiger partial charge in [-0.1, -0.05) is 24.3 Å². The van der Waals surface area contributed by atoms with E-state index in [2.05, 4.69) is 36.3 Å². The van der Waals surface area contributed by atoms with Crippen LogP contribution in [0.2, 0.25) is 0 Å². The van der Waals surface area contributed by atoms with Crippen molar-refractivity contribution in [2.75, 3.05) is 5.75 Å². The standard InChI is InChI=1S/C16H22O4S/c17-14(15(18)11-7-8-12-16(19)20)10-6-4-2-1-3-5-9-13-21/h4,6,14-15,17-18,21H,7-13H2,(H,19,20)/b6-4+/t14-,15-/m1/s1. The molecule has 0 amide bonds. The fourth-order valence-corrected chi connectivity index (χ4v) is 1.60. The first-order valence-electron chi connectivity index (χ1n) is 6.90. The molecule has 0 aliphatic rings. The van der Waals surface area contributed by atoms with Gasteiger partial charge in [-0.15, -0.1) is 0 Å². The van der Waals surface area contributed by atoms with Crippen LogP contribution in [0.3, 0.4) is 0 Å². The third-order valence-corrected chi connectivity index (χ3v) is 2.85. The van der Waals surface area contributed by atoms with E-state index in [0.29, 0.717) is 37.9 Å². The summed E-state index contributed by atoms with van der Waals surface area (Å²) in [7, 11) is 0. The molecule has 0 rings (SSSR count). The van der Waals surface area contributed by atoms with Crippen LogP contribution in [0, 0.1) is 23.7 Å². The number of rotatable bonds is 9. The first-order chi connectivity index (χ1) is 10.1. The molecule has 0 aliphatic carbocycles. The molecule has 0 heterocycles. The smallest absolute Gasteiger partial charge is 0.303 e. The molecule has 21 heavy (non-hydrogen) atoms. The van der Waals surface area contributed by atoms with Crippen molar-refractivity contribution in [3.8, 4) is 23.7 Å². The number of hydrogen-bond acceptors (Lipinski definition) is 4. The summed E-state index contributed by atoms with van der Waals surface area (Å²) in [6.07, 6.45) is 4.15. The first kappa shape index (κ1) is 19.6. The van der Waals surface area contributed by atoms with E-state index >= 15 is 0 Å². The maximum absolute atomic E-state index is 10.3. The Hall–Kier alpha value is -1.40. The van der Waals surface area contributed by atoms with E-state index in [4.69, 9.17) is 5.11 Å². The van der Waals surface area contributed by atoms with E-state index in [-0.39, 0.29) is 6.42 Å². The molecule has 0 unspecified atom stereocenters. The maximum Gasteiger partial charge on any atom is 0.303 e. The Morgan fingerprint density at radius 3 is 2.62 bits per heavy atom. The zero-order valence-electron chi connectivity index (χ0n) is 12.0. The summed E-state index contributed by atoms with van der Waals surface area (Å²) >= 11 is 4.02. The third kappa shape index (κ3) is 13.3. The molecule has 116 valence electrons. The SMILES string of the molecule is O=C(O)CCCC[C@@H](O)[C@H](O)C/C=C/C#CC#CCCS. The van der Waals surface area contributed by atoms with Gasteiger partial charge in [0.2, 0.25) is 0 Å². The van der Waals surface area contributed by atoms with Crippen molar-refractivity contribution in [2.24, 2.45) is 0 Å². The largest absolute Gasteiger partial charge is 0.481 e. The number of aliphatic carboxylic acids is 1. The Balaban J connectivity index is 3.84. The van der Waals surface area contributed by atoms with Crippen molar-refractivity contribution < 1.29 is 20.1 Å². The third-order valence-electron chi connectivity index (χ3n) is 2.62. The van der Waals surface area contributed by atoms with Gasteiger partial charge in [0.05, 0.1) is 12.2 Å². The molecule has 0 aliphatic heterocycles. The van der Waals surface area contributed by atoms with Gasteiger partial charge in [-0.05, 0) is 37.2 Å². The molecule has 0 aromatic carbocycles. The Labute approximate surface area is 131 Å². The zero-order chi connectivity index (χ0) is 15.9. The number of aliphatic hydroxyl groups excluding tert-OH is 2. The predicted octanol–water partition coefficient (Wildman–Crippen LogP) is 1.63. The van der Waals surface area contributed by atoms with E-state index in [0.717, 1.165) is 0 Å². The average Bonchev–Trinajstić information content (AvgIpc) is 2.45. The number of aliphatic hydroxyl groups is 2. The molecular formula is C16H22O4S. The van der Waals surface area contributed by atoms with Crippen LogP contribution in [0.5, 0.6) is 0 Å². The van der Waals surface area contributed by atoms with Crippen LogP contribution in [-0.2, 0) is 4.79 Å². The summed E-state index contributed by atoms with van der Waals surface area (Å²) in [5, 5.41) is 27.9. The fraction of sp³-hybridized carbons (Fsp3) is 0.562. The second-order valence-corrected chi connectivity index (χ2v) is 4.90. The van der Waals surface area contributed by atoms with Crippen LogP contribution in [0.25, 0.3) is 0 Å². The fourth-order valence-electron chi connectivity index (χ4n) is 1.49. The van der Waals surface area contributed by atoms with E-state index in [1.165, 1.54) is 0 Å². The Morgan fingerprint density at radius 1 is 1.19 bits per heavy atom. The van der Waals surface area contributed by atoms with Gasteiger partial charge < -0.3 is 15.3 Å². The lowest BCUT2D eigenvalue weighted by molar-refractivity contribution is -0.137. The number of thiol groups is 1. The molecule has 2 atom stereocenters. The van der Waals surface area contributed by atoms with E-state index in [1.54, 1.807) is 12.2 Å². The summed E-state index contributed by atoms with van der Waals surface area (Å²) in [4.78, 5) is 10.3. The van der Waals surface area contributed by atoms with Crippen molar-refractivity contribution in [1.82, 2.24) is 0 Å². The van der Waals surface area contributed by atoms with E-state index < -0.39 is 18.2 Å². The highest BCUT2D eigenvalue weighted by molar-refractivity contribution is 7.80. The molecule has 0 bridgehead atoms. The van der Waals surface area contributed by atoms with Crippen LogP contribution in [0.4, 0.5) is 0 Å². The van der Waals surface area contributed by atoms with Crippen LogP contribution >= 0.6 is 12.6 Å². The molecule has 0 fully saturated rings. The number of allylic oxidation sites excluding steroid dienone is 1. The van der Waals surface area contributed by atoms with Gasteiger partial charge in [-0.2, -0.15) is 12.6 Å². The molecule has 0 saturated heterocycles. The molecular weight excluding hydrogens is 288 g/mol. The highest BCUT2D eigenvalue weighted by Gasteiger charge is 2.14.